The van der Waals surface area contributed by atoms with E-state index in [9.17, 15) is 13.2 Å². The highest BCUT2D eigenvalue weighted by Gasteiger charge is 2.34. The van der Waals surface area contributed by atoms with E-state index in [1.54, 1.807) is 12.3 Å². The van der Waals surface area contributed by atoms with Gasteiger partial charge in [0.25, 0.3) is 0 Å². The molecule has 0 saturated heterocycles. The minimum absolute atomic E-state index is 0.240. The molecule has 4 aromatic rings. The van der Waals surface area contributed by atoms with E-state index in [0.717, 1.165) is 55.1 Å². The molecule has 3 heterocycles. The first-order valence-corrected chi connectivity index (χ1v) is 10.5. The van der Waals surface area contributed by atoms with Crippen molar-refractivity contribution in [2.24, 2.45) is 0 Å². The van der Waals surface area contributed by atoms with Gasteiger partial charge in [0.1, 0.15) is 0 Å². The van der Waals surface area contributed by atoms with Gasteiger partial charge in [0.2, 0.25) is 0 Å². The molecule has 0 amide bonds. The predicted octanol–water partition coefficient (Wildman–Crippen LogP) is 5.42. The fourth-order valence-electron chi connectivity index (χ4n) is 4.66. The Balaban J connectivity index is 1.52. The van der Waals surface area contributed by atoms with Crippen LogP contribution in [0.4, 0.5) is 13.2 Å². The summed E-state index contributed by atoms with van der Waals surface area (Å²) in [6.07, 6.45) is 1.06. The predicted molar refractivity (Wildman–Crippen MR) is 114 cm³/mol. The number of nitrogens with zero attached hydrogens (tertiary/aromatic N) is 3. The van der Waals surface area contributed by atoms with Crippen LogP contribution in [-0.2, 0) is 19.1 Å². The number of aromatic nitrogens is 3. The van der Waals surface area contributed by atoms with Crippen LogP contribution in [0.2, 0.25) is 0 Å². The topological polar surface area (TPSA) is 36.9 Å². The Morgan fingerprint density at radius 2 is 1.90 bits per heavy atom. The molecule has 1 N–H and O–H groups in total. The van der Waals surface area contributed by atoms with E-state index in [2.05, 4.69) is 21.0 Å². The molecule has 0 spiro atoms. The smallest absolute Gasteiger partial charge is 0.357 e. The van der Waals surface area contributed by atoms with E-state index in [0.29, 0.717) is 5.56 Å². The Bertz CT molecular complexity index is 1180. The van der Waals surface area contributed by atoms with Gasteiger partial charge >= 0.3 is 6.18 Å². The number of para-hydroxylation sites is 1. The van der Waals surface area contributed by atoms with E-state index in [1.807, 2.05) is 35.1 Å². The van der Waals surface area contributed by atoms with Crippen LogP contribution in [0, 0.1) is 0 Å². The highest BCUT2D eigenvalue weighted by Crippen LogP contribution is 2.40. The number of alkyl halides is 3. The number of aryl methyl sites for hydroxylation is 1. The van der Waals surface area contributed by atoms with Crippen LogP contribution in [0.25, 0.3) is 10.9 Å². The van der Waals surface area contributed by atoms with Crippen LogP contribution in [-0.4, -0.2) is 32.8 Å². The largest absolute Gasteiger partial charge is 0.416 e. The van der Waals surface area contributed by atoms with Crippen molar-refractivity contribution in [1.29, 1.82) is 0 Å². The summed E-state index contributed by atoms with van der Waals surface area (Å²) in [7, 11) is 0. The van der Waals surface area contributed by atoms with Gasteiger partial charge in [-0.3, -0.25) is 9.58 Å². The van der Waals surface area contributed by atoms with Crippen molar-refractivity contribution in [3.8, 4) is 0 Å². The van der Waals surface area contributed by atoms with Gasteiger partial charge in [-0.15, -0.1) is 0 Å². The molecule has 2 aromatic heterocycles. The second-order valence-electron chi connectivity index (χ2n) is 8.00. The van der Waals surface area contributed by atoms with E-state index in [4.69, 9.17) is 0 Å². The molecule has 5 rings (SSSR count). The summed E-state index contributed by atoms with van der Waals surface area (Å²) in [6.45, 7) is 2.35. The van der Waals surface area contributed by atoms with Gasteiger partial charge in [0.05, 0.1) is 11.6 Å². The van der Waals surface area contributed by atoms with Gasteiger partial charge in [0, 0.05) is 48.6 Å². The summed E-state index contributed by atoms with van der Waals surface area (Å²) in [4.78, 5) is 5.80. The summed E-state index contributed by atoms with van der Waals surface area (Å²) in [5.41, 5.74) is 3.31. The average Bonchev–Trinajstić information content (AvgIpc) is 3.40. The second-order valence-corrected chi connectivity index (χ2v) is 8.00. The van der Waals surface area contributed by atoms with Crippen molar-refractivity contribution in [3.05, 3.63) is 89.4 Å². The fourth-order valence-corrected chi connectivity index (χ4v) is 4.66. The van der Waals surface area contributed by atoms with E-state index in [1.165, 1.54) is 17.7 Å². The highest BCUT2D eigenvalue weighted by atomic mass is 19.4. The molecule has 0 radical (unpaired) electrons. The number of halogens is 3. The highest BCUT2D eigenvalue weighted by molar-refractivity contribution is 5.85. The molecule has 0 saturated carbocycles. The molecule has 0 unspecified atom stereocenters. The Labute approximate surface area is 178 Å². The van der Waals surface area contributed by atoms with Crippen LogP contribution in [0.5, 0.6) is 0 Å². The number of fused-ring (bicyclic) bond motifs is 3. The van der Waals surface area contributed by atoms with Gasteiger partial charge in [-0.2, -0.15) is 18.3 Å². The summed E-state index contributed by atoms with van der Waals surface area (Å²) >= 11 is 0. The first-order valence-electron chi connectivity index (χ1n) is 10.5. The molecule has 160 valence electrons. The van der Waals surface area contributed by atoms with Crippen molar-refractivity contribution in [2.75, 3.05) is 13.1 Å². The number of nitrogens with one attached hydrogen (secondary N) is 1. The lowest BCUT2D eigenvalue weighted by Gasteiger charge is -2.36. The molecule has 7 heteroatoms. The van der Waals surface area contributed by atoms with E-state index >= 15 is 0 Å². The maximum Gasteiger partial charge on any atom is 0.416 e. The fraction of sp³-hybridized carbons (Fsp3) is 0.292. The zero-order valence-corrected chi connectivity index (χ0v) is 16.9. The van der Waals surface area contributed by atoms with E-state index < -0.39 is 11.7 Å². The third-order valence-corrected chi connectivity index (χ3v) is 6.06. The van der Waals surface area contributed by atoms with Crippen LogP contribution in [0.1, 0.15) is 34.8 Å². The lowest BCUT2D eigenvalue weighted by atomic mass is 9.91. The Morgan fingerprint density at radius 1 is 1.03 bits per heavy atom. The van der Waals surface area contributed by atoms with Gasteiger partial charge < -0.3 is 4.98 Å². The van der Waals surface area contributed by atoms with Crippen LogP contribution in [0.3, 0.4) is 0 Å². The van der Waals surface area contributed by atoms with Crippen LogP contribution in [0.15, 0.2) is 67.0 Å². The molecule has 0 aliphatic carbocycles. The Kier molecular flexibility index (Phi) is 5.06. The molecule has 1 aliphatic heterocycles. The zero-order valence-electron chi connectivity index (χ0n) is 16.9. The molecule has 0 bridgehead atoms. The van der Waals surface area contributed by atoms with Crippen molar-refractivity contribution in [3.63, 3.8) is 0 Å². The van der Waals surface area contributed by atoms with E-state index in [-0.39, 0.29) is 6.04 Å². The van der Waals surface area contributed by atoms with Gasteiger partial charge in [-0.05, 0) is 48.2 Å². The van der Waals surface area contributed by atoms with Crippen LogP contribution < -0.4 is 0 Å². The Morgan fingerprint density at radius 3 is 2.71 bits per heavy atom. The van der Waals surface area contributed by atoms with Crippen molar-refractivity contribution < 1.29 is 13.2 Å². The summed E-state index contributed by atoms with van der Waals surface area (Å²) in [5.74, 6) is 0. The third-order valence-electron chi connectivity index (χ3n) is 6.06. The monoisotopic (exact) mass is 424 g/mol. The zero-order chi connectivity index (χ0) is 21.4. The van der Waals surface area contributed by atoms with Crippen LogP contribution >= 0.6 is 0 Å². The van der Waals surface area contributed by atoms with Gasteiger partial charge in [-0.25, -0.2) is 0 Å². The normalized spacial score (nSPS) is 17.2. The first kappa shape index (κ1) is 19.9. The second kappa shape index (κ2) is 7.89. The molecule has 0 fully saturated rings. The molecule has 31 heavy (non-hydrogen) atoms. The summed E-state index contributed by atoms with van der Waals surface area (Å²) in [5, 5.41) is 5.40. The molecule has 1 aliphatic rings. The standard InChI is InChI=1S/C24H23F3N4/c25-24(26,27)18-7-3-6-17(16-18)23-22-20(19-8-1-2-9-21(19)29-22)10-15-30(23)12-5-14-31-13-4-11-28-31/h1-4,6-9,11,13,16,23,29H,5,10,12,14-15H2/t23-/m1/s1. The molecular weight excluding hydrogens is 401 g/mol. The average molecular weight is 424 g/mol. The van der Waals surface area contributed by atoms with Gasteiger partial charge in [-0.1, -0.05) is 30.3 Å². The van der Waals surface area contributed by atoms with Crippen molar-refractivity contribution >= 4 is 10.9 Å². The maximum atomic E-state index is 13.4. The first-order chi connectivity index (χ1) is 15.0. The third kappa shape index (κ3) is 3.85. The lowest BCUT2D eigenvalue weighted by Crippen LogP contribution is -2.37. The number of aromatic amines is 1. The quantitative estimate of drug-likeness (QED) is 0.464. The van der Waals surface area contributed by atoms with Gasteiger partial charge in [0.15, 0.2) is 0 Å². The summed E-state index contributed by atoms with van der Waals surface area (Å²) in [6, 6.07) is 15.5. The maximum absolute atomic E-state index is 13.4. The SMILES string of the molecule is FC(F)(F)c1cccc([C@@H]2c3[nH]c4ccccc4c3CCN2CCCn2cccn2)c1. The number of hydrogen-bond donors (Lipinski definition) is 1. The molecular formula is C24H23F3N4. The lowest BCUT2D eigenvalue weighted by molar-refractivity contribution is -0.137. The summed E-state index contributed by atoms with van der Waals surface area (Å²) < 4.78 is 42.2. The number of benzene rings is 2. The Hall–Kier alpha value is -3.06. The van der Waals surface area contributed by atoms with Crippen molar-refractivity contribution in [2.45, 2.75) is 31.6 Å². The number of hydrogen-bond acceptors (Lipinski definition) is 2. The minimum Gasteiger partial charge on any atom is -0.357 e. The molecule has 2 aromatic carbocycles. The minimum atomic E-state index is -4.36. The molecule has 1 atom stereocenters. The molecule has 4 nitrogen and oxygen atoms in total. The van der Waals surface area contributed by atoms with Crippen molar-refractivity contribution in [1.82, 2.24) is 19.7 Å². The number of H-pyrrole nitrogens is 1. The number of rotatable bonds is 5.